The van der Waals surface area contributed by atoms with Crippen LogP contribution < -0.4 is 0 Å². The van der Waals surface area contributed by atoms with Crippen LogP contribution >= 0.6 is 0 Å². The largest absolute Gasteiger partial charge is 0.269 e. The normalized spacial score (nSPS) is 21.8. The van der Waals surface area contributed by atoms with Crippen molar-refractivity contribution < 1.29 is 9.59 Å². The van der Waals surface area contributed by atoms with E-state index in [-0.39, 0.29) is 17.4 Å². The standard InChI is InChI=1S/C12H11NO2/c1-12(6-7-12)13-10(14)8-4-2-3-5-9(8)11(13)15/h2-5H,6-7H2,1H3. The van der Waals surface area contributed by atoms with Gasteiger partial charge in [0.2, 0.25) is 0 Å². The third kappa shape index (κ3) is 1.00. The molecule has 1 fully saturated rings. The SMILES string of the molecule is CC1(N2C(=O)c3ccccc3C2=O)CC1. The summed E-state index contributed by atoms with van der Waals surface area (Å²) in [7, 11) is 0. The first-order valence-electron chi connectivity index (χ1n) is 5.11. The molecule has 0 unspecified atom stereocenters. The number of hydrogen-bond acceptors (Lipinski definition) is 2. The van der Waals surface area contributed by atoms with Crippen LogP contribution in [0.3, 0.4) is 0 Å². The van der Waals surface area contributed by atoms with E-state index in [1.807, 2.05) is 6.92 Å². The molecule has 1 heterocycles. The predicted molar refractivity (Wildman–Crippen MR) is 54.6 cm³/mol. The van der Waals surface area contributed by atoms with Crippen molar-refractivity contribution in [2.45, 2.75) is 25.3 Å². The summed E-state index contributed by atoms with van der Waals surface area (Å²) in [6, 6.07) is 7.04. The molecule has 1 saturated carbocycles. The summed E-state index contributed by atoms with van der Waals surface area (Å²) in [4.78, 5) is 25.4. The first-order chi connectivity index (χ1) is 7.13. The van der Waals surface area contributed by atoms with Crippen LogP contribution in [0, 0.1) is 0 Å². The van der Waals surface area contributed by atoms with E-state index in [2.05, 4.69) is 0 Å². The van der Waals surface area contributed by atoms with Crippen LogP contribution in [0.1, 0.15) is 40.5 Å². The van der Waals surface area contributed by atoms with Crippen molar-refractivity contribution in [3.05, 3.63) is 35.4 Å². The molecule has 3 heteroatoms. The average molecular weight is 201 g/mol. The predicted octanol–water partition coefficient (Wildman–Crippen LogP) is 1.84. The highest BCUT2D eigenvalue weighted by Crippen LogP contribution is 2.44. The Balaban J connectivity index is 2.13. The summed E-state index contributed by atoms with van der Waals surface area (Å²) in [6.07, 6.45) is 1.86. The smallest absolute Gasteiger partial charge is 0.262 e. The fourth-order valence-electron chi connectivity index (χ4n) is 2.08. The Hall–Kier alpha value is -1.64. The monoisotopic (exact) mass is 201 g/mol. The average Bonchev–Trinajstić information content (AvgIpc) is 2.91. The topological polar surface area (TPSA) is 37.4 Å². The molecule has 1 aliphatic carbocycles. The molecule has 1 aliphatic heterocycles. The lowest BCUT2D eigenvalue weighted by atomic mass is 10.1. The maximum absolute atomic E-state index is 12.0. The number of imide groups is 1. The third-order valence-corrected chi connectivity index (χ3v) is 3.31. The van der Waals surface area contributed by atoms with Gasteiger partial charge in [0.15, 0.2) is 0 Å². The van der Waals surface area contributed by atoms with E-state index >= 15 is 0 Å². The summed E-state index contributed by atoms with van der Waals surface area (Å²) < 4.78 is 0. The molecule has 3 rings (SSSR count). The second kappa shape index (κ2) is 2.48. The van der Waals surface area contributed by atoms with Gasteiger partial charge in [-0.15, -0.1) is 0 Å². The van der Waals surface area contributed by atoms with Crippen LogP contribution in [0.4, 0.5) is 0 Å². The minimum atomic E-state index is -0.215. The molecule has 1 aromatic rings. The van der Waals surface area contributed by atoms with Crippen LogP contribution in [0.5, 0.6) is 0 Å². The second-order valence-electron chi connectivity index (χ2n) is 4.49. The van der Waals surface area contributed by atoms with Crippen molar-refractivity contribution in [1.29, 1.82) is 0 Å². The van der Waals surface area contributed by atoms with Gasteiger partial charge in [0.1, 0.15) is 0 Å². The van der Waals surface area contributed by atoms with Crippen LogP contribution in [-0.4, -0.2) is 22.3 Å². The summed E-state index contributed by atoms with van der Waals surface area (Å²) >= 11 is 0. The Morgan fingerprint density at radius 3 is 1.93 bits per heavy atom. The molecule has 0 N–H and O–H groups in total. The molecule has 0 bridgehead atoms. The Morgan fingerprint density at radius 1 is 1.07 bits per heavy atom. The zero-order valence-electron chi connectivity index (χ0n) is 8.49. The highest BCUT2D eigenvalue weighted by Gasteiger charge is 2.52. The van der Waals surface area contributed by atoms with Crippen LogP contribution in [-0.2, 0) is 0 Å². The van der Waals surface area contributed by atoms with E-state index in [0.29, 0.717) is 11.1 Å². The van der Waals surface area contributed by atoms with Gasteiger partial charge in [0.25, 0.3) is 11.8 Å². The zero-order valence-corrected chi connectivity index (χ0v) is 8.49. The lowest BCUT2D eigenvalue weighted by Crippen LogP contribution is -2.39. The van der Waals surface area contributed by atoms with Gasteiger partial charge >= 0.3 is 0 Å². The third-order valence-electron chi connectivity index (χ3n) is 3.31. The molecule has 2 aliphatic rings. The number of rotatable bonds is 1. The summed E-state index contributed by atoms with van der Waals surface area (Å²) in [5, 5.41) is 0. The lowest BCUT2D eigenvalue weighted by molar-refractivity contribution is 0.0575. The van der Waals surface area contributed by atoms with Crippen LogP contribution in [0.15, 0.2) is 24.3 Å². The molecule has 0 atom stereocenters. The zero-order chi connectivity index (χ0) is 10.6. The number of nitrogens with zero attached hydrogens (tertiary/aromatic N) is 1. The van der Waals surface area contributed by atoms with Crippen molar-refractivity contribution in [3.63, 3.8) is 0 Å². The number of carbonyl (C=O) groups excluding carboxylic acids is 2. The van der Waals surface area contributed by atoms with Gasteiger partial charge in [-0.05, 0) is 31.9 Å². The molecule has 0 radical (unpaired) electrons. The molecular formula is C12H11NO2. The van der Waals surface area contributed by atoms with Gasteiger partial charge in [0, 0.05) is 5.54 Å². The Labute approximate surface area is 87.7 Å². The van der Waals surface area contributed by atoms with Crippen molar-refractivity contribution in [1.82, 2.24) is 4.90 Å². The van der Waals surface area contributed by atoms with Crippen molar-refractivity contribution in [3.8, 4) is 0 Å². The Morgan fingerprint density at radius 2 is 1.53 bits per heavy atom. The first kappa shape index (κ1) is 8.65. The maximum atomic E-state index is 12.0. The molecule has 3 nitrogen and oxygen atoms in total. The van der Waals surface area contributed by atoms with Gasteiger partial charge in [-0.3, -0.25) is 14.5 Å². The van der Waals surface area contributed by atoms with Gasteiger partial charge in [-0.2, -0.15) is 0 Å². The minimum Gasteiger partial charge on any atom is -0.269 e. The van der Waals surface area contributed by atoms with Gasteiger partial charge in [-0.25, -0.2) is 0 Å². The fourth-order valence-corrected chi connectivity index (χ4v) is 2.08. The molecular weight excluding hydrogens is 190 g/mol. The number of hydrogen-bond donors (Lipinski definition) is 0. The Bertz CT molecular complexity index is 439. The molecule has 2 amide bonds. The van der Waals surface area contributed by atoms with E-state index < -0.39 is 0 Å². The fraction of sp³-hybridized carbons (Fsp3) is 0.333. The quantitative estimate of drug-likeness (QED) is 0.650. The lowest BCUT2D eigenvalue weighted by Gasteiger charge is -2.21. The van der Waals surface area contributed by atoms with Gasteiger partial charge < -0.3 is 0 Å². The van der Waals surface area contributed by atoms with E-state index in [0.717, 1.165) is 12.8 Å². The van der Waals surface area contributed by atoms with Crippen molar-refractivity contribution >= 4 is 11.8 Å². The Kier molecular flexibility index (Phi) is 1.43. The highest BCUT2D eigenvalue weighted by atomic mass is 16.2. The maximum Gasteiger partial charge on any atom is 0.262 e. The highest BCUT2D eigenvalue weighted by molar-refractivity contribution is 6.22. The van der Waals surface area contributed by atoms with Crippen molar-refractivity contribution in [2.75, 3.05) is 0 Å². The number of carbonyl (C=O) groups is 2. The summed E-state index contributed by atoms with van der Waals surface area (Å²) in [6.45, 7) is 1.97. The molecule has 0 aromatic heterocycles. The number of fused-ring (bicyclic) bond motifs is 1. The number of amides is 2. The van der Waals surface area contributed by atoms with Crippen LogP contribution in [0.25, 0.3) is 0 Å². The number of benzene rings is 1. The first-order valence-corrected chi connectivity index (χ1v) is 5.11. The van der Waals surface area contributed by atoms with E-state index in [9.17, 15) is 9.59 Å². The molecule has 1 aromatic carbocycles. The molecule has 76 valence electrons. The summed E-state index contributed by atoms with van der Waals surface area (Å²) in [5.41, 5.74) is 0.888. The van der Waals surface area contributed by atoms with E-state index in [1.54, 1.807) is 24.3 Å². The molecule has 15 heavy (non-hydrogen) atoms. The molecule has 0 spiro atoms. The van der Waals surface area contributed by atoms with Gasteiger partial charge in [-0.1, -0.05) is 12.1 Å². The van der Waals surface area contributed by atoms with Gasteiger partial charge in [0.05, 0.1) is 11.1 Å². The van der Waals surface area contributed by atoms with Crippen molar-refractivity contribution in [2.24, 2.45) is 0 Å². The second-order valence-corrected chi connectivity index (χ2v) is 4.49. The van der Waals surface area contributed by atoms with E-state index in [4.69, 9.17) is 0 Å². The van der Waals surface area contributed by atoms with E-state index in [1.165, 1.54) is 4.90 Å². The molecule has 0 saturated heterocycles. The minimum absolute atomic E-state index is 0.129. The summed E-state index contributed by atoms with van der Waals surface area (Å²) in [5.74, 6) is -0.258. The van der Waals surface area contributed by atoms with Crippen LogP contribution in [0.2, 0.25) is 0 Å².